The molecule has 3 aromatic rings. The lowest BCUT2D eigenvalue weighted by atomic mass is 10.3. The number of anilines is 2. The number of hydrogen-bond acceptors (Lipinski definition) is 5. The molecule has 0 N–H and O–H groups in total. The highest BCUT2D eigenvalue weighted by atomic mass is 32.1. The fraction of sp³-hybridized carbons (Fsp3) is 0.188. The minimum Gasteiger partial charge on any atom is -0.486 e. The van der Waals surface area contributed by atoms with Crippen LogP contribution in [0.5, 0.6) is 11.5 Å². The van der Waals surface area contributed by atoms with Gasteiger partial charge in [-0.25, -0.2) is 4.98 Å². The van der Waals surface area contributed by atoms with Crippen molar-refractivity contribution >= 4 is 32.4 Å². The van der Waals surface area contributed by atoms with Gasteiger partial charge in [-0.2, -0.15) is 0 Å². The molecule has 0 fully saturated rings. The van der Waals surface area contributed by atoms with E-state index in [1.54, 1.807) is 11.3 Å². The molecule has 21 heavy (non-hydrogen) atoms. The molecule has 0 spiro atoms. The van der Waals surface area contributed by atoms with Crippen LogP contribution in [-0.2, 0) is 0 Å². The van der Waals surface area contributed by atoms with Crippen LogP contribution in [0, 0.1) is 0 Å². The van der Waals surface area contributed by atoms with E-state index in [0.29, 0.717) is 13.2 Å². The summed E-state index contributed by atoms with van der Waals surface area (Å²) < 4.78 is 12.3. The van der Waals surface area contributed by atoms with Gasteiger partial charge in [0.1, 0.15) is 13.2 Å². The van der Waals surface area contributed by atoms with Crippen molar-refractivity contribution in [2.75, 3.05) is 25.2 Å². The first-order valence-corrected chi connectivity index (χ1v) is 7.62. The molecule has 106 valence electrons. The minimum atomic E-state index is 0.597. The van der Waals surface area contributed by atoms with Crippen LogP contribution < -0.4 is 14.4 Å². The molecule has 0 bridgehead atoms. The quantitative estimate of drug-likeness (QED) is 0.720. The van der Waals surface area contributed by atoms with E-state index in [1.807, 2.05) is 37.4 Å². The summed E-state index contributed by atoms with van der Waals surface area (Å²) in [4.78, 5) is 6.79. The van der Waals surface area contributed by atoms with E-state index in [4.69, 9.17) is 14.5 Å². The molecule has 4 rings (SSSR count). The second kappa shape index (κ2) is 4.93. The monoisotopic (exact) mass is 298 g/mol. The Kier molecular flexibility index (Phi) is 2.93. The summed E-state index contributed by atoms with van der Waals surface area (Å²) >= 11 is 1.65. The van der Waals surface area contributed by atoms with Gasteiger partial charge in [-0.1, -0.05) is 29.5 Å². The predicted octanol–water partition coefficient (Wildman–Crippen LogP) is 3.84. The molecule has 0 radical (unpaired) electrons. The summed E-state index contributed by atoms with van der Waals surface area (Å²) in [5.74, 6) is 1.60. The van der Waals surface area contributed by atoms with Crippen molar-refractivity contribution in [1.29, 1.82) is 0 Å². The molecule has 1 aromatic heterocycles. The van der Waals surface area contributed by atoms with Crippen LogP contribution in [0.2, 0.25) is 0 Å². The zero-order valence-corrected chi connectivity index (χ0v) is 12.4. The summed E-state index contributed by atoms with van der Waals surface area (Å²) in [6.45, 7) is 1.20. The predicted molar refractivity (Wildman–Crippen MR) is 85.1 cm³/mol. The molecule has 0 saturated heterocycles. The van der Waals surface area contributed by atoms with E-state index in [1.165, 1.54) is 0 Å². The first-order chi connectivity index (χ1) is 10.3. The Bertz CT molecular complexity index is 743. The number of ether oxygens (including phenoxy) is 2. The minimum absolute atomic E-state index is 0.597. The number of para-hydroxylation sites is 1. The first kappa shape index (κ1) is 12.5. The van der Waals surface area contributed by atoms with Crippen molar-refractivity contribution < 1.29 is 9.47 Å². The van der Waals surface area contributed by atoms with Crippen LogP contribution in [-0.4, -0.2) is 25.2 Å². The van der Waals surface area contributed by atoms with Crippen molar-refractivity contribution in [3.63, 3.8) is 0 Å². The molecular formula is C16H14N2O2S. The van der Waals surface area contributed by atoms with Gasteiger partial charge in [-0.05, 0) is 12.1 Å². The van der Waals surface area contributed by atoms with Gasteiger partial charge in [0.05, 0.1) is 10.2 Å². The zero-order valence-electron chi connectivity index (χ0n) is 11.6. The Labute approximate surface area is 126 Å². The summed E-state index contributed by atoms with van der Waals surface area (Å²) in [5.41, 5.74) is 2.07. The Morgan fingerprint density at radius 3 is 2.52 bits per heavy atom. The van der Waals surface area contributed by atoms with Crippen molar-refractivity contribution in [3.05, 3.63) is 42.5 Å². The molecule has 0 amide bonds. The number of hydrogen-bond donors (Lipinski definition) is 0. The number of fused-ring (bicyclic) bond motifs is 2. The third kappa shape index (κ3) is 2.19. The summed E-state index contributed by atoms with van der Waals surface area (Å²) in [7, 11) is 2.03. The molecule has 1 aliphatic heterocycles. The largest absolute Gasteiger partial charge is 0.486 e. The van der Waals surface area contributed by atoms with E-state index in [0.717, 1.165) is 32.5 Å². The summed E-state index contributed by atoms with van der Waals surface area (Å²) in [6, 6.07) is 14.2. The normalized spacial score (nSPS) is 13.4. The average Bonchev–Trinajstić information content (AvgIpc) is 2.95. The number of aromatic nitrogens is 1. The Morgan fingerprint density at radius 1 is 1.05 bits per heavy atom. The van der Waals surface area contributed by atoms with E-state index in [-0.39, 0.29) is 0 Å². The van der Waals surface area contributed by atoms with Crippen LogP contribution in [0.4, 0.5) is 10.8 Å². The van der Waals surface area contributed by atoms with E-state index < -0.39 is 0 Å². The Balaban J connectivity index is 1.77. The van der Waals surface area contributed by atoms with Gasteiger partial charge in [-0.15, -0.1) is 0 Å². The standard InChI is InChI=1S/C16H14N2O2S/c1-18(11-5-3-2-4-6-11)16-17-12-9-13-14(10-15(12)21-16)20-8-7-19-13/h2-6,9-10H,7-8H2,1H3. The second-order valence-electron chi connectivity index (χ2n) is 4.85. The summed E-state index contributed by atoms with van der Waals surface area (Å²) in [6.07, 6.45) is 0. The maximum Gasteiger partial charge on any atom is 0.190 e. The molecule has 2 heterocycles. The summed E-state index contributed by atoms with van der Waals surface area (Å²) in [5, 5.41) is 0.957. The number of nitrogens with zero attached hydrogens (tertiary/aromatic N) is 2. The van der Waals surface area contributed by atoms with Crippen LogP contribution in [0.1, 0.15) is 0 Å². The molecular weight excluding hydrogens is 284 g/mol. The van der Waals surface area contributed by atoms with Gasteiger partial charge in [0.25, 0.3) is 0 Å². The Hall–Kier alpha value is -2.27. The lowest BCUT2D eigenvalue weighted by Crippen LogP contribution is -2.15. The van der Waals surface area contributed by atoms with Gasteiger partial charge in [-0.3, -0.25) is 0 Å². The van der Waals surface area contributed by atoms with Gasteiger partial charge in [0.2, 0.25) is 0 Å². The van der Waals surface area contributed by atoms with Crippen molar-refractivity contribution in [3.8, 4) is 11.5 Å². The SMILES string of the molecule is CN(c1ccccc1)c1nc2cc3c(cc2s1)OCCO3. The van der Waals surface area contributed by atoms with Crippen LogP contribution in [0.3, 0.4) is 0 Å². The molecule has 2 aromatic carbocycles. The third-order valence-corrected chi connectivity index (χ3v) is 4.57. The van der Waals surface area contributed by atoms with Gasteiger partial charge in [0.15, 0.2) is 16.6 Å². The van der Waals surface area contributed by atoms with Crippen molar-refractivity contribution in [2.24, 2.45) is 0 Å². The average molecular weight is 298 g/mol. The smallest absolute Gasteiger partial charge is 0.190 e. The van der Waals surface area contributed by atoms with E-state index >= 15 is 0 Å². The van der Waals surface area contributed by atoms with E-state index in [9.17, 15) is 0 Å². The van der Waals surface area contributed by atoms with Gasteiger partial charge in [0, 0.05) is 24.9 Å². The maximum atomic E-state index is 5.63. The highest BCUT2D eigenvalue weighted by Crippen LogP contribution is 2.39. The fourth-order valence-corrected chi connectivity index (χ4v) is 3.32. The van der Waals surface area contributed by atoms with Crippen LogP contribution in [0.25, 0.3) is 10.2 Å². The molecule has 0 unspecified atom stereocenters. The molecule has 1 aliphatic rings. The van der Waals surface area contributed by atoms with Crippen LogP contribution >= 0.6 is 11.3 Å². The number of rotatable bonds is 2. The lowest BCUT2D eigenvalue weighted by molar-refractivity contribution is 0.172. The van der Waals surface area contributed by atoms with Crippen molar-refractivity contribution in [2.45, 2.75) is 0 Å². The highest BCUT2D eigenvalue weighted by molar-refractivity contribution is 7.22. The fourth-order valence-electron chi connectivity index (χ4n) is 2.36. The third-order valence-electron chi connectivity index (χ3n) is 3.47. The molecule has 0 saturated carbocycles. The molecule has 4 nitrogen and oxygen atoms in total. The number of thiazole rings is 1. The second-order valence-corrected chi connectivity index (χ2v) is 5.86. The Morgan fingerprint density at radius 2 is 1.76 bits per heavy atom. The maximum absolute atomic E-state index is 5.63. The topological polar surface area (TPSA) is 34.6 Å². The lowest BCUT2D eigenvalue weighted by Gasteiger charge is -2.17. The van der Waals surface area contributed by atoms with Gasteiger partial charge >= 0.3 is 0 Å². The van der Waals surface area contributed by atoms with E-state index in [2.05, 4.69) is 17.0 Å². The first-order valence-electron chi connectivity index (χ1n) is 6.80. The zero-order chi connectivity index (χ0) is 14.2. The van der Waals surface area contributed by atoms with Crippen LogP contribution in [0.15, 0.2) is 42.5 Å². The van der Waals surface area contributed by atoms with Crippen molar-refractivity contribution in [1.82, 2.24) is 4.98 Å². The highest BCUT2D eigenvalue weighted by Gasteiger charge is 2.16. The number of benzene rings is 2. The van der Waals surface area contributed by atoms with Gasteiger partial charge < -0.3 is 14.4 Å². The molecule has 0 atom stereocenters. The molecule has 0 aliphatic carbocycles. The molecule has 5 heteroatoms.